The summed E-state index contributed by atoms with van der Waals surface area (Å²) in [4.78, 5) is 17.3. The van der Waals surface area contributed by atoms with Crippen LogP contribution in [-0.4, -0.2) is 42.6 Å². The zero-order valence-corrected chi connectivity index (χ0v) is 18.1. The van der Waals surface area contributed by atoms with Gasteiger partial charge in [0.1, 0.15) is 16.5 Å². The zero-order chi connectivity index (χ0) is 22.0. The number of rotatable bonds is 6. The van der Waals surface area contributed by atoms with Crippen LogP contribution in [0.25, 0.3) is 0 Å². The van der Waals surface area contributed by atoms with E-state index in [9.17, 15) is 17.6 Å². The smallest absolute Gasteiger partial charge is 0.243 e. The molecule has 10 heteroatoms. The van der Waals surface area contributed by atoms with E-state index in [0.717, 1.165) is 11.3 Å². The number of hydrogen-bond acceptors (Lipinski definition) is 7. The van der Waals surface area contributed by atoms with Crippen LogP contribution in [-0.2, 0) is 10.0 Å². The molecule has 1 aliphatic rings. The molecule has 4 rings (SSSR count). The van der Waals surface area contributed by atoms with Gasteiger partial charge in [-0.05, 0) is 37.1 Å². The van der Waals surface area contributed by atoms with Crippen molar-refractivity contribution in [3.8, 4) is 0 Å². The van der Waals surface area contributed by atoms with Gasteiger partial charge in [0.05, 0.1) is 10.5 Å². The predicted octanol–water partition coefficient (Wildman–Crippen LogP) is 3.36. The summed E-state index contributed by atoms with van der Waals surface area (Å²) in [6.45, 7) is 0.744. The molecule has 31 heavy (non-hydrogen) atoms. The van der Waals surface area contributed by atoms with Gasteiger partial charge in [-0.15, -0.1) is 0 Å². The number of hydrogen-bond donors (Lipinski definition) is 2. The van der Waals surface area contributed by atoms with Crippen LogP contribution in [0.4, 0.5) is 15.3 Å². The number of aromatic nitrogens is 1. The van der Waals surface area contributed by atoms with Gasteiger partial charge in [-0.1, -0.05) is 41.7 Å². The van der Waals surface area contributed by atoms with Crippen molar-refractivity contribution in [3.63, 3.8) is 0 Å². The second-order valence-electron chi connectivity index (χ2n) is 7.18. The van der Waals surface area contributed by atoms with Gasteiger partial charge in [-0.2, -0.15) is 4.31 Å². The highest BCUT2D eigenvalue weighted by atomic mass is 32.2. The molecule has 7 nitrogen and oxygen atoms in total. The lowest BCUT2D eigenvalue weighted by molar-refractivity contribution is 0.103. The third kappa shape index (κ3) is 4.46. The predicted molar refractivity (Wildman–Crippen MR) is 118 cm³/mol. The first kappa shape index (κ1) is 21.4. The van der Waals surface area contributed by atoms with E-state index in [4.69, 9.17) is 5.73 Å². The van der Waals surface area contributed by atoms with Crippen LogP contribution in [0.3, 0.4) is 0 Å². The minimum absolute atomic E-state index is 0.0100. The normalized spacial score (nSPS) is 15.6. The van der Waals surface area contributed by atoms with Crippen molar-refractivity contribution < 1.29 is 17.6 Å². The molecule has 0 amide bonds. The van der Waals surface area contributed by atoms with Crippen LogP contribution in [0.5, 0.6) is 0 Å². The minimum Gasteiger partial charge on any atom is -0.382 e. The summed E-state index contributed by atoms with van der Waals surface area (Å²) in [7, 11) is -3.51. The molecule has 0 saturated carbocycles. The molecule has 0 unspecified atom stereocenters. The number of sulfonamides is 1. The maximum absolute atomic E-state index is 13.9. The number of thiazole rings is 1. The number of nitrogens with one attached hydrogen (secondary N) is 1. The maximum atomic E-state index is 13.9. The number of halogens is 1. The lowest BCUT2D eigenvalue weighted by atomic mass is 10.1. The van der Waals surface area contributed by atoms with E-state index in [-0.39, 0.29) is 27.2 Å². The van der Waals surface area contributed by atoms with Crippen LogP contribution in [0.15, 0.2) is 59.5 Å². The number of carbonyl (C=O) groups excluding carboxylic acids is 1. The molecule has 2 aromatic carbocycles. The number of nitrogen functional groups attached to an aromatic ring is 1. The zero-order valence-electron chi connectivity index (χ0n) is 16.5. The van der Waals surface area contributed by atoms with Crippen molar-refractivity contribution in [2.24, 2.45) is 0 Å². The number of anilines is 2. The molecule has 1 saturated heterocycles. The lowest BCUT2D eigenvalue weighted by Crippen LogP contribution is -2.42. The fourth-order valence-electron chi connectivity index (χ4n) is 3.48. The van der Waals surface area contributed by atoms with Crippen molar-refractivity contribution in [1.29, 1.82) is 0 Å². The number of piperidine rings is 1. The minimum atomic E-state index is -3.51. The maximum Gasteiger partial charge on any atom is 0.243 e. The summed E-state index contributed by atoms with van der Waals surface area (Å²) >= 11 is 1.07. The van der Waals surface area contributed by atoms with Gasteiger partial charge < -0.3 is 11.1 Å². The monoisotopic (exact) mass is 460 g/mol. The van der Waals surface area contributed by atoms with Gasteiger partial charge in [0.2, 0.25) is 15.8 Å². The fourth-order valence-corrected chi connectivity index (χ4v) is 5.89. The molecule has 0 bridgehead atoms. The molecular weight excluding hydrogens is 439 g/mol. The second-order valence-corrected chi connectivity index (χ2v) is 10.1. The van der Waals surface area contributed by atoms with Gasteiger partial charge in [0.25, 0.3) is 0 Å². The Kier molecular flexibility index (Phi) is 6.03. The van der Waals surface area contributed by atoms with E-state index >= 15 is 0 Å². The van der Waals surface area contributed by atoms with E-state index in [1.54, 1.807) is 36.4 Å². The third-order valence-electron chi connectivity index (χ3n) is 5.14. The molecule has 1 aliphatic heterocycles. The molecule has 2 heterocycles. The van der Waals surface area contributed by atoms with Gasteiger partial charge in [-0.3, -0.25) is 4.79 Å². The van der Waals surface area contributed by atoms with Gasteiger partial charge >= 0.3 is 0 Å². The SMILES string of the molecule is Nc1nc(NC2CCN(S(=O)(=O)c3ccccc3)CC2)sc1C(=O)c1ccccc1F. The molecule has 0 spiro atoms. The Morgan fingerprint density at radius 1 is 1.10 bits per heavy atom. The molecule has 3 N–H and O–H groups in total. The standard InChI is InChI=1S/C21H21FN4O3S2/c22-17-9-5-4-8-16(17)18(27)19-20(23)25-21(30-19)24-14-10-12-26(13-11-14)31(28,29)15-6-2-1-3-7-15/h1-9,14H,10-13,23H2,(H,24,25). The summed E-state index contributed by atoms with van der Waals surface area (Å²) in [5.41, 5.74) is 5.85. The van der Waals surface area contributed by atoms with Crippen LogP contribution >= 0.6 is 11.3 Å². The number of carbonyl (C=O) groups is 1. The molecular formula is C21H21FN4O3S2. The van der Waals surface area contributed by atoms with E-state index in [0.29, 0.717) is 31.1 Å². The molecule has 3 aromatic rings. The Hall–Kier alpha value is -2.82. The Bertz CT molecular complexity index is 1190. The Morgan fingerprint density at radius 2 is 1.74 bits per heavy atom. The summed E-state index contributed by atoms with van der Waals surface area (Å²) in [5.74, 6) is -1.07. The summed E-state index contributed by atoms with van der Waals surface area (Å²) in [5, 5.41) is 3.69. The molecule has 0 atom stereocenters. The summed E-state index contributed by atoms with van der Waals surface area (Å²) in [6.07, 6.45) is 1.17. The van der Waals surface area contributed by atoms with Gasteiger partial charge in [0.15, 0.2) is 5.13 Å². The Morgan fingerprint density at radius 3 is 2.42 bits per heavy atom. The van der Waals surface area contributed by atoms with E-state index in [1.165, 1.54) is 22.5 Å². The van der Waals surface area contributed by atoms with Gasteiger partial charge in [0, 0.05) is 19.1 Å². The molecule has 162 valence electrons. The summed E-state index contributed by atoms with van der Waals surface area (Å²) < 4.78 is 40.9. The van der Waals surface area contributed by atoms with Crippen molar-refractivity contribution in [3.05, 3.63) is 70.9 Å². The largest absolute Gasteiger partial charge is 0.382 e. The Balaban J connectivity index is 1.41. The highest BCUT2D eigenvalue weighted by molar-refractivity contribution is 7.89. The Labute approximate surface area is 183 Å². The van der Waals surface area contributed by atoms with Crippen molar-refractivity contribution in [2.45, 2.75) is 23.8 Å². The summed E-state index contributed by atoms with van der Waals surface area (Å²) in [6, 6.07) is 14.1. The quantitative estimate of drug-likeness (QED) is 0.547. The molecule has 0 radical (unpaired) electrons. The van der Waals surface area contributed by atoms with Crippen LogP contribution in [0.1, 0.15) is 28.1 Å². The molecule has 1 aromatic heterocycles. The van der Waals surface area contributed by atoms with E-state index in [1.807, 2.05) is 0 Å². The van der Waals surface area contributed by atoms with Crippen molar-refractivity contribution in [1.82, 2.24) is 9.29 Å². The van der Waals surface area contributed by atoms with E-state index in [2.05, 4.69) is 10.3 Å². The molecule has 1 fully saturated rings. The second kappa shape index (κ2) is 8.74. The first-order valence-electron chi connectivity index (χ1n) is 9.73. The topological polar surface area (TPSA) is 105 Å². The third-order valence-corrected chi connectivity index (χ3v) is 8.05. The van der Waals surface area contributed by atoms with Crippen LogP contribution in [0.2, 0.25) is 0 Å². The number of ketones is 1. The first-order chi connectivity index (χ1) is 14.9. The van der Waals surface area contributed by atoms with Crippen LogP contribution in [0, 0.1) is 5.82 Å². The first-order valence-corrected chi connectivity index (χ1v) is 12.0. The van der Waals surface area contributed by atoms with Crippen molar-refractivity contribution in [2.75, 3.05) is 24.1 Å². The van der Waals surface area contributed by atoms with Crippen LogP contribution < -0.4 is 11.1 Å². The number of benzene rings is 2. The average molecular weight is 461 g/mol. The fraction of sp³-hybridized carbons (Fsp3) is 0.238. The van der Waals surface area contributed by atoms with Crippen molar-refractivity contribution >= 4 is 38.1 Å². The number of nitrogens with two attached hydrogens (primary N) is 1. The average Bonchev–Trinajstić information content (AvgIpc) is 3.14. The lowest BCUT2D eigenvalue weighted by Gasteiger charge is -2.31. The number of nitrogens with zero attached hydrogens (tertiary/aromatic N) is 2. The van der Waals surface area contributed by atoms with Gasteiger partial charge in [-0.25, -0.2) is 17.8 Å². The highest BCUT2D eigenvalue weighted by Gasteiger charge is 2.30. The highest BCUT2D eigenvalue weighted by Crippen LogP contribution is 2.30. The molecule has 0 aliphatic carbocycles. The van der Waals surface area contributed by atoms with E-state index < -0.39 is 21.6 Å².